The Labute approximate surface area is 204 Å². The Balaban J connectivity index is 1.16. The predicted octanol–water partition coefficient (Wildman–Crippen LogP) is 4.69. The van der Waals surface area contributed by atoms with E-state index in [0.717, 1.165) is 73.1 Å². The van der Waals surface area contributed by atoms with Gasteiger partial charge < -0.3 is 14.5 Å². The normalized spacial score (nSPS) is 20.1. The number of hydrogen-bond donors (Lipinski definition) is 0. The summed E-state index contributed by atoms with van der Waals surface area (Å²) in [6.45, 7) is 4.56. The molecule has 0 spiro atoms. The van der Waals surface area contributed by atoms with E-state index < -0.39 is 5.95 Å². The highest BCUT2D eigenvalue weighted by Crippen LogP contribution is 2.32. The van der Waals surface area contributed by atoms with Crippen LogP contribution in [0.15, 0.2) is 66.9 Å². The van der Waals surface area contributed by atoms with Crippen molar-refractivity contribution < 1.29 is 9.13 Å². The summed E-state index contributed by atoms with van der Waals surface area (Å²) in [6.07, 6.45) is 3.99. The number of rotatable bonds is 4. The number of methoxy groups -OCH3 is 1. The summed E-state index contributed by atoms with van der Waals surface area (Å²) in [7, 11) is 1.81. The molecule has 2 aromatic heterocycles. The lowest BCUT2D eigenvalue weighted by Gasteiger charge is -2.47. The standard InChI is InChI=1S/C28H30FN5O/c1-35-26-19-33(23-8-2-5-20-7-4-14-30-27(20)23)17-18-34(26)22-12-15-32(16-13-22)24-9-3-6-21-10-11-25(29)31-28(21)24/h2-11,14,22,26H,12-13,15-19H2,1H3. The van der Waals surface area contributed by atoms with Gasteiger partial charge in [0.2, 0.25) is 5.95 Å². The summed E-state index contributed by atoms with van der Waals surface area (Å²) in [6, 6.07) is 20.3. The van der Waals surface area contributed by atoms with Crippen molar-refractivity contribution in [2.45, 2.75) is 25.1 Å². The lowest BCUT2D eigenvalue weighted by atomic mass is 10.00. The highest BCUT2D eigenvalue weighted by molar-refractivity contribution is 5.91. The molecule has 0 N–H and O–H groups in total. The van der Waals surface area contributed by atoms with Crippen LogP contribution >= 0.6 is 0 Å². The van der Waals surface area contributed by atoms with Gasteiger partial charge in [0.25, 0.3) is 0 Å². The van der Waals surface area contributed by atoms with Crippen LogP contribution < -0.4 is 9.80 Å². The number of halogens is 1. The summed E-state index contributed by atoms with van der Waals surface area (Å²) < 4.78 is 19.9. The largest absolute Gasteiger partial charge is 0.370 e. The molecule has 0 amide bonds. The van der Waals surface area contributed by atoms with Crippen molar-refractivity contribution in [2.75, 3.05) is 49.6 Å². The van der Waals surface area contributed by atoms with Crippen molar-refractivity contribution in [2.24, 2.45) is 0 Å². The van der Waals surface area contributed by atoms with Gasteiger partial charge in [-0.05, 0) is 43.2 Å². The maximum Gasteiger partial charge on any atom is 0.213 e. The van der Waals surface area contributed by atoms with Gasteiger partial charge in [-0.15, -0.1) is 0 Å². The van der Waals surface area contributed by atoms with Gasteiger partial charge in [0.1, 0.15) is 6.23 Å². The summed E-state index contributed by atoms with van der Waals surface area (Å²) in [5, 5.41) is 2.14. The average Bonchev–Trinajstić information content (AvgIpc) is 2.92. The molecule has 0 radical (unpaired) electrons. The molecule has 7 heteroatoms. The summed E-state index contributed by atoms with van der Waals surface area (Å²) in [4.78, 5) is 16.1. The summed E-state index contributed by atoms with van der Waals surface area (Å²) in [5.41, 5.74) is 4.00. The highest BCUT2D eigenvalue weighted by atomic mass is 19.1. The fourth-order valence-electron chi connectivity index (χ4n) is 5.76. The van der Waals surface area contributed by atoms with Crippen molar-refractivity contribution in [3.63, 3.8) is 0 Å². The number of aromatic nitrogens is 2. The lowest BCUT2D eigenvalue weighted by Crippen LogP contribution is -2.59. The minimum Gasteiger partial charge on any atom is -0.370 e. The molecule has 4 aromatic rings. The lowest BCUT2D eigenvalue weighted by molar-refractivity contribution is -0.0649. The first-order chi connectivity index (χ1) is 17.2. The van der Waals surface area contributed by atoms with Gasteiger partial charge in [-0.3, -0.25) is 9.88 Å². The number of anilines is 2. The zero-order chi connectivity index (χ0) is 23.8. The predicted molar refractivity (Wildman–Crippen MR) is 138 cm³/mol. The molecule has 180 valence electrons. The van der Waals surface area contributed by atoms with Crippen LogP contribution in [0.2, 0.25) is 0 Å². The fraction of sp³-hybridized carbons (Fsp3) is 0.357. The highest BCUT2D eigenvalue weighted by Gasteiger charge is 2.34. The molecule has 0 saturated carbocycles. The molecule has 6 nitrogen and oxygen atoms in total. The van der Waals surface area contributed by atoms with Crippen molar-refractivity contribution in [3.05, 3.63) is 72.8 Å². The van der Waals surface area contributed by atoms with Crippen LogP contribution in [0.1, 0.15) is 12.8 Å². The van der Waals surface area contributed by atoms with E-state index in [-0.39, 0.29) is 6.23 Å². The number of hydrogen-bond acceptors (Lipinski definition) is 6. The number of nitrogens with zero attached hydrogens (tertiary/aromatic N) is 5. The van der Waals surface area contributed by atoms with Gasteiger partial charge in [0, 0.05) is 56.3 Å². The maximum atomic E-state index is 13.9. The monoisotopic (exact) mass is 471 g/mol. The third-order valence-corrected chi connectivity index (χ3v) is 7.54. The molecule has 2 fully saturated rings. The Morgan fingerprint density at radius 2 is 1.51 bits per heavy atom. The van der Waals surface area contributed by atoms with E-state index in [1.807, 2.05) is 37.6 Å². The quantitative estimate of drug-likeness (QED) is 0.403. The van der Waals surface area contributed by atoms with Crippen molar-refractivity contribution in [3.8, 4) is 0 Å². The van der Waals surface area contributed by atoms with E-state index in [1.54, 1.807) is 0 Å². The molecular weight excluding hydrogens is 441 g/mol. The van der Waals surface area contributed by atoms with E-state index in [4.69, 9.17) is 4.74 Å². The Morgan fingerprint density at radius 3 is 2.29 bits per heavy atom. The van der Waals surface area contributed by atoms with Crippen LogP contribution in [0.25, 0.3) is 21.8 Å². The molecule has 35 heavy (non-hydrogen) atoms. The second-order valence-corrected chi connectivity index (χ2v) is 9.43. The molecule has 2 aliphatic heterocycles. The molecule has 2 saturated heterocycles. The van der Waals surface area contributed by atoms with Crippen LogP contribution in [-0.4, -0.2) is 67.0 Å². The second-order valence-electron chi connectivity index (χ2n) is 9.43. The fourth-order valence-corrected chi connectivity index (χ4v) is 5.76. The first-order valence-corrected chi connectivity index (χ1v) is 12.4. The molecule has 2 aliphatic rings. The molecule has 1 atom stereocenters. The van der Waals surface area contributed by atoms with Crippen molar-refractivity contribution in [1.82, 2.24) is 14.9 Å². The van der Waals surface area contributed by atoms with Crippen LogP contribution in [0.5, 0.6) is 0 Å². The number of ether oxygens (including phenoxy) is 1. The van der Waals surface area contributed by atoms with Gasteiger partial charge in [0.05, 0.1) is 29.0 Å². The van der Waals surface area contributed by atoms with Gasteiger partial charge in [-0.1, -0.05) is 30.3 Å². The summed E-state index contributed by atoms with van der Waals surface area (Å²) >= 11 is 0. The Kier molecular flexibility index (Phi) is 5.96. The number of para-hydroxylation sites is 2. The van der Waals surface area contributed by atoms with Crippen LogP contribution in [0.4, 0.5) is 15.8 Å². The molecule has 4 heterocycles. The van der Waals surface area contributed by atoms with Crippen LogP contribution in [0.3, 0.4) is 0 Å². The van der Waals surface area contributed by atoms with E-state index in [1.165, 1.54) is 11.8 Å². The van der Waals surface area contributed by atoms with E-state index in [0.29, 0.717) is 6.04 Å². The van der Waals surface area contributed by atoms with E-state index in [9.17, 15) is 4.39 Å². The maximum absolute atomic E-state index is 13.9. The van der Waals surface area contributed by atoms with E-state index >= 15 is 0 Å². The topological polar surface area (TPSA) is 44.7 Å². The second kappa shape index (κ2) is 9.40. The number of fused-ring (bicyclic) bond motifs is 2. The third kappa shape index (κ3) is 4.19. The molecule has 0 aliphatic carbocycles. The third-order valence-electron chi connectivity index (χ3n) is 7.54. The number of piperazine rings is 1. The number of pyridine rings is 2. The Morgan fingerprint density at radius 1 is 0.800 bits per heavy atom. The van der Waals surface area contributed by atoms with Crippen LogP contribution in [-0.2, 0) is 4.74 Å². The van der Waals surface area contributed by atoms with Crippen molar-refractivity contribution >= 4 is 33.2 Å². The van der Waals surface area contributed by atoms with Gasteiger partial charge in [-0.2, -0.15) is 4.39 Å². The molecular formula is C28H30FN5O. The minimum absolute atomic E-state index is 0.0348. The van der Waals surface area contributed by atoms with E-state index in [2.05, 4.69) is 55.0 Å². The van der Waals surface area contributed by atoms with Gasteiger partial charge in [0.15, 0.2) is 0 Å². The first kappa shape index (κ1) is 22.2. The van der Waals surface area contributed by atoms with Gasteiger partial charge >= 0.3 is 0 Å². The Bertz CT molecular complexity index is 1330. The number of piperidine rings is 1. The zero-order valence-corrected chi connectivity index (χ0v) is 20.0. The van der Waals surface area contributed by atoms with Crippen LogP contribution in [0, 0.1) is 5.95 Å². The van der Waals surface area contributed by atoms with Gasteiger partial charge in [-0.25, -0.2) is 4.98 Å². The molecule has 6 rings (SSSR count). The smallest absolute Gasteiger partial charge is 0.213 e. The average molecular weight is 472 g/mol. The zero-order valence-electron chi connectivity index (χ0n) is 20.0. The number of benzene rings is 2. The Hall–Kier alpha value is -3.29. The SMILES string of the molecule is COC1CN(c2cccc3cccnc23)CCN1C1CCN(c2cccc3ccc(F)nc23)CC1. The minimum atomic E-state index is -0.429. The van der Waals surface area contributed by atoms with Crippen molar-refractivity contribution in [1.29, 1.82) is 0 Å². The molecule has 0 bridgehead atoms. The first-order valence-electron chi connectivity index (χ1n) is 12.4. The molecule has 1 unspecified atom stereocenters. The summed E-state index contributed by atoms with van der Waals surface area (Å²) in [5.74, 6) is -0.429. The molecule has 2 aromatic carbocycles.